The van der Waals surface area contributed by atoms with E-state index in [1.54, 1.807) is 6.92 Å². The molecule has 2 fully saturated rings. The average Bonchev–Trinajstić information content (AvgIpc) is 3.22. The van der Waals surface area contributed by atoms with Crippen LogP contribution >= 0.6 is 0 Å². The van der Waals surface area contributed by atoms with Gasteiger partial charge in [-0.05, 0) is 32.6 Å². The number of nitrogens with zero attached hydrogens (tertiary/aromatic N) is 1. The van der Waals surface area contributed by atoms with Crippen molar-refractivity contribution in [3.8, 4) is 0 Å². The van der Waals surface area contributed by atoms with E-state index in [1.807, 2.05) is 0 Å². The van der Waals surface area contributed by atoms with Gasteiger partial charge in [-0.25, -0.2) is 0 Å². The molecule has 1 heterocycles. The number of carbonyl (C=O) groups is 2. The molecule has 0 aromatic rings. The van der Waals surface area contributed by atoms with E-state index in [4.69, 9.17) is 4.74 Å². The molecule has 0 unspecified atom stereocenters. The van der Waals surface area contributed by atoms with Crippen molar-refractivity contribution in [2.45, 2.75) is 57.5 Å². The van der Waals surface area contributed by atoms with Gasteiger partial charge in [0.1, 0.15) is 0 Å². The summed E-state index contributed by atoms with van der Waals surface area (Å²) >= 11 is 0. The molecule has 5 heteroatoms. The molecule has 0 bridgehead atoms. The Morgan fingerprint density at radius 3 is 2.42 bits per heavy atom. The summed E-state index contributed by atoms with van der Waals surface area (Å²) in [6.45, 7) is 4.33. The normalized spacial score (nSPS) is 21.1. The van der Waals surface area contributed by atoms with Crippen LogP contribution in [0.3, 0.4) is 0 Å². The molecular formula is C14H24N2O3. The Morgan fingerprint density at radius 1 is 1.16 bits per heavy atom. The van der Waals surface area contributed by atoms with Crippen molar-refractivity contribution < 1.29 is 14.3 Å². The van der Waals surface area contributed by atoms with Crippen LogP contribution in [0.4, 0.5) is 0 Å². The number of nitrogens with one attached hydrogen (secondary N) is 1. The molecule has 0 aromatic heterocycles. The van der Waals surface area contributed by atoms with Gasteiger partial charge in [-0.1, -0.05) is 0 Å². The fourth-order valence-corrected chi connectivity index (χ4v) is 2.60. The minimum atomic E-state index is -0.291. The first-order chi connectivity index (χ1) is 9.19. The van der Waals surface area contributed by atoms with Crippen LogP contribution in [0.5, 0.6) is 0 Å². The predicted octanol–water partition coefficient (Wildman–Crippen LogP) is 1.07. The second-order valence-electron chi connectivity index (χ2n) is 5.41. The van der Waals surface area contributed by atoms with E-state index >= 15 is 0 Å². The zero-order valence-electron chi connectivity index (χ0n) is 11.7. The average molecular weight is 268 g/mol. The molecule has 2 aliphatic rings. The Balaban J connectivity index is 1.59. The molecule has 1 saturated heterocycles. The van der Waals surface area contributed by atoms with E-state index in [0.29, 0.717) is 6.61 Å². The molecule has 108 valence electrons. The van der Waals surface area contributed by atoms with Gasteiger partial charge in [-0.2, -0.15) is 0 Å². The first kappa shape index (κ1) is 14.3. The number of hydrogen-bond acceptors (Lipinski definition) is 4. The lowest BCUT2D eigenvalue weighted by Gasteiger charge is -2.32. The van der Waals surface area contributed by atoms with Gasteiger partial charge >= 0.3 is 5.97 Å². The van der Waals surface area contributed by atoms with Crippen molar-refractivity contribution in [1.82, 2.24) is 10.2 Å². The van der Waals surface area contributed by atoms with E-state index in [0.717, 1.165) is 32.0 Å². The van der Waals surface area contributed by atoms with Gasteiger partial charge in [0.15, 0.2) is 0 Å². The van der Waals surface area contributed by atoms with Crippen molar-refractivity contribution in [2.24, 2.45) is 0 Å². The third-order valence-corrected chi connectivity index (χ3v) is 3.82. The molecule has 1 amide bonds. The minimum absolute atomic E-state index is 0.0297. The third-order valence-electron chi connectivity index (χ3n) is 3.82. The van der Waals surface area contributed by atoms with E-state index < -0.39 is 0 Å². The number of likely N-dealkylation sites (tertiary alicyclic amines) is 1. The lowest BCUT2D eigenvalue weighted by atomic mass is 10.0. The van der Waals surface area contributed by atoms with Crippen LogP contribution in [-0.4, -0.2) is 48.6 Å². The summed E-state index contributed by atoms with van der Waals surface area (Å²) < 4.78 is 4.80. The first-order valence-corrected chi connectivity index (χ1v) is 7.38. The number of rotatable bonds is 6. The second kappa shape index (κ2) is 6.89. The van der Waals surface area contributed by atoms with Crippen LogP contribution in [0.25, 0.3) is 0 Å². The highest BCUT2D eigenvalue weighted by Crippen LogP contribution is 2.29. The minimum Gasteiger partial charge on any atom is -0.466 e. The Kier molecular flexibility index (Phi) is 5.19. The second-order valence-corrected chi connectivity index (χ2v) is 5.41. The maximum Gasteiger partial charge on any atom is 0.306 e. The largest absolute Gasteiger partial charge is 0.466 e. The van der Waals surface area contributed by atoms with Crippen LogP contribution in [0.2, 0.25) is 0 Å². The molecule has 1 aliphatic carbocycles. The summed E-state index contributed by atoms with van der Waals surface area (Å²) in [5, 5.41) is 3.02. The van der Waals surface area contributed by atoms with Gasteiger partial charge in [0.25, 0.3) is 0 Å². The summed E-state index contributed by atoms with van der Waals surface area (Å²) in [4.78, 5) is 25.4. The number of hydrogen-bond donors (Lipinski definition) is 1. The topological polar surface area (TPSA) is 58.6 Å². The number of piperidine rings is 1. The summed E-state index contributed by atoms with van der Waals surface area (Å²) in [5.41, 5.74) is 0. The van der Waals surface area contributed by atoms with Crippen LogP contribution in [0.1, 0.15) is 45.4 Å². The van der Waals surface area contributed by atoms with E-state index in [-0.39, 0.29) is 30.8 Å². The van der Waals surface area contributed by atoms with Crippen molar-refractivity contribution in [3.05, 3.63) is 0 Å². The molecule has 0 atom stereocenters. The fraction of sp³-hybridized carbons (Fsp3) is 0.857. The summed E-state index contributed by atoms with van der Waals surface area (Å²) in [7, 11) is 0. The summed E-state index contributed by atoms with van der Waals surface area (Å²) in [6, 6.07) is 1.10. The highest BCUT2D eigenvalue weighted by Gasteiger charge is 2.32. The Morgan fingerprint density at radius 2 is 1.84 bits per heavy atom. The highest BCUT2D eigenvalue weighted by molar-refractivity contribution is 5.81. The van der Waals surface area contributed by atoms with Crippen molar-refractivity contribution in [1.29, 1.82) is 0 Å². The van der Waals surface area contributed by atoms with Crippen LogP contribution in [-0.2, 0) is 14.3 Å². The number of amides is 1. The Labute approximate surface area is 114 Å². The maximum atomic E-state index is 11.7. The van der Waals surface area contributed by atoms with E-state index in [9.17, 15) is 9.59 Å². The van der Waals surface area contributed by atoms with Gasteiger partial charge in [0.05, 0.1) is 13.0 Å². The summed E-state index contributed by atoms with van der Waals surface area (Å²) in [5.74, 6) is -0.320. The van der Waals surface area contributed by atoms with Gasteiger partial charge in [-0.15, -0.1) is 0 Å². The molecule has 2 rings (SSSR count). The smallest absolute Gasteiger partial charge is 0.306 e. The lowest BCUT2D eigenvalue weighted by Crippen LogP contribution is -2.45. The first-order valence-electron chi connectivity index (χ1n) is 7.38. The van der Waals surface area contributed by atoms with E-state index in [1.165, 1.54) is 12.8 Å². The number of esters is 1. The van der Waals surface area contributed by atoms with Gasteiger partial charge in [0, 0.05) is 31.6 Å². The number of ether oxygens (including phenoxy) is 1. The van der Waals surface area contributed by atoms with Crippen molar-refractivity contribution >= 4 is 11.9 Å². The Hall–Kier alpha value is -1.10. The zero-order valence-corrected chi connectivity index (χ0v) is 11.7. The molecule has 1 saturated carbocycles. The van der Waals surface area contributed by atoms with Gasteiger partial charge in [-0.3, -0.25) is 9.59 Å². The molecule has 19 heavy (non-hydrogen) atoms. The lowest BCUT2D eigenvalue weighted by molar-refractivity contribution is -0.144. The monoisotopic (exact) mass is 268 g/mol. The number of carbonyl (C=O) groups excluding carboxylic acids is 2. The molecule has 5 nitrogen and oxygen atoms in total. The summed E-state index contributed by atoms with van der Waals surface area (Å²) in [6.07, 6.45) is 5.17. The van der Waals surface area contributed by atoms with Gasteiger partial charge < -0.3 is 15.0 Å². The SMILES string of the molecule is CCOC(=O)CCC(=O)NC1CCN(C2CC2)CC1. The van der Waals surface area contributed by atoms with Crippen molar-refractivity contribution in [2.75, 3.05) is 19.7 Å². The highest BCUT2D eigenvalue weighted by atomic mass is 16.5. The molecular weight excluding hydrogens is 244 g/mol. The molecule has 1 aliphatic heterocycles. The quantitative estimate of drug-likeness (QED) is 0.732. The molecule has 1 N–H and O–H groups in total. The molecule has 0 spiro atoms. The molecule has 0 radical (unpaired) electrons. The van der Waals surface area contributed by atoms with Crippen LogP contribution in [0.15, 0.2) is 0 Å². The third kappa shape index (κ3) is 4.82. The fourth-order valence-electron chi connectivity index (χ4n) is 2.60. The predicted molar refractivity (Wildman–Crippen MR) is 71.6 cm³/mol. The standard InChI is InChI=1S/C14H24N2O3/c1-2-19-14(18)6-5-13(17)15-11-7-9-16(10-8-11)12-3-4-12/h11-12H,2-10H2,1H3,(H,15,17). The van der Waals surface area contributed by atoms with E-state index in [2.05, 4.69) is 10.2 Å². The zero-order chi connectivity index (χ0) is 13.7. The maximum absolute atomic E-state index is 11.7. The van der Waals surface area contributed by atoms with Crippen LogP contribution in [0, 0.1) is 0 Å². The Bertz CT molecular complexity index is 321. The van der Waals surface area contributed by atoms with Crippen molar-refractivity contribution in [3.63, 3.8) is 0 Å². The molecule has 0 aromatic carbocycles. The van der Waals surface area contributed by atoms with Crippen LogP contribution < -0.4 is 5.32 Å². The van der Waals surface area contributed by atoms with Gasteiger partial charge in [0.2, 0.25) is 5.91 Å².